The van der Waals surface area contributed by atoms with Gasteiger partial charge in [-0.05, 0) is 30.4 Å². The fourth-order valence-corrected chi connectivity index (χ4v) is 4.47. The molecule has 0 saturated carbocycles. The summed E-state index contributed by atoms with van der Waals surface area (Å²) in [6.07, 6.45) is 0.821. The molecule has 3 nitrogen and oxygen atoms in total. The minimum absolute atomic E-state index is 0.148. The molecule has 0 bridgehead atoms. The van der Waals surface area contributed by atoms with E-state index in [1.807, 2.05) is 11.4 Å². The van der Waals surface area contributed by atoms with Crippen LogP contribution in [-0.4, -0.2) is 30.4 Å². The maximum atomic E-state index is 12.1. The average molecular weight is 280 g/mol. The van der Waals surface area contributed by atoms with Crippen LogP contribution in [-0.2, 0) is 23.0 Å². The van der Waals surface area contributed by atoms with Crippen LogP contribution in [0.4, 0.5) is 0 Å². The predicted octanol–water partition coefficient (Wildman–Crippen LogP) is 2.06. The summed E-state index contributed by atoms with van der Waals surface area (Å²) in [7, 11) is -3.23. The molecule has 0 fully saturated rings. The lowest BCUT2D eigenvalue weighted by Gasteiger charge is -2.28. The van der Waals surface area contributed by atoms with E-state index in [1.165, 1.54) is 4.88 Å². The van der Waals surface area contributed by atoms with Gasteiger partial charge in [0, 0.05) is 23.8 Å². The van der Waals surface area contributed by atoms with E-state index in [0.29, 0.717) is 13.1 Å². The van der Waals surface area contributed by atoms with E-state index in [1.54, 1.807) is 22.6 Å². The van der Waals surface area contributed by atoms with Gasteiger partial charge in [-0.2, -0.15) is 4.31 Å². The van der Waals surface area contributed by atoms with Crippen LogP contribution in [0.15, 0.2) is 11.4 Å². The normalized spacial score (nSPS) is 19.4. The third-order valence-electron chi connectivity index (χ3n) is 2.86. The van der Waals surface area contributed by atoms with Crippen LogP contribution in [0.1, 0.15) is 17.4 Å². The monoisotopic (exact) mass is 279 g/mol. The van der Waals surface area contributed by atoms with Crippen molar-refractivity contribution in [2.24, 2.45) is 0 Å². The first kappa shape index (κ1) is 12.4. The molecule has 1 aliphatic heterocycles. The van der Waals surface area contributed by atoms with Gasteiger partial charge in [-0.15, -0.1) is 22.9 Å². The molecule has 6 heteroatoms. The van der Waals surface area contributed by atoms with E-state index in [0.717, 1.165) is 12.0 Å². The number of sulfonamides is 1. The van der Waals surface area contributed by atoms with Crippen molar-refractivity contribution in [1.29, 1.82) is 0 Å². The summed E-state index contributed by atoms with van der Waals surface area (Å²) >= 11 is 7.34. The molecule has 0 amide bonds. The molecule has 0 aromatic carbocycles. The molecule has 1 aromatic heterocycles. The van der Waals surface area contributed by atoms with E-state index >= 15 is 0 Å². The Hall–Kier alpha value is -0.100. The highest BCUT2D eigenvalue weighted by molar-refractivity contribution is 7.89. The summed E-state index contributed by atoms with van der Waals surface area (Å²) in [6, 6.07) is 2.01. The van der Waals surface area contributed by atoms with Crippen molar-refractivity contribution in [2.45, 2.75) is 25.1 Å². The molecule has 0 saturated heterocycles. The summed E-state index contributed by atoms with van der Waals surface area (Å²) < 4.78 is 25.7. The number of fused-ring (bicyclic) bond motifs is 1. The Morgan fingerprint density at radius 2 is 2.38 bits per heavy atom. The zero-order valence-electron chi connectivity index (χ0n) is 9.02. The van der Waals surface area contributed by atoms with Crippen LogP contribution in [0.5, 0.6) is 0 Å². The molecule has 1 aliphatic rings. The molecule has 1 atom stereocenters. The van der Waals surface area contributed by atoms with Gasteiger partial charge in [-0.3, -0.25) is 0 Å². The first-order valence-corrected chi connectivity index (χ1v) is 8.07. The van der Waals surface area contributed by atoms with Gasteiger partial charge in [0.25, 0.3) is 0 Å². The summed E-state index contributed by atoms with van der Waals surface area (Å²) in [5.41, 5.74) is 1.14. The SMILES string of the molecule is CC(CCl)S(=O)(=O)N1CCc2sccc2C1. The molecule has 0 aliphatic carbocycles. The number of halogens is 1. The van der Waals surface area contributed by atoms with Gasteiger partial charge >= 0.3 is 0 Å². The zero-order chi connectivity index (χ0) is 11.8. The van der Waals surface area contributed by atoms with E-state index in [2.05, 4.69) is 0 Å². The van der Waals surface area contributed by atoms with E-state index < -0.39 is 15.3 Å². The Labute approximate surface area is 105 Å². The summed E-state index contributed by atoms with van der Waals surface area (Å²) in [4.78, 5) is 1.31. The highest BCUT2D eigenvalue weighted by atomic mass is 35.5. The molecular formula is C10H14ClNO2S2. The number of rotatable bonds is 3. The molecule has 2 heterocycles. The first-order valence-electron chi connectivity index (χ1n) is 5.16. The Bertz CT molecular complexity index is 469. The van der Waals surface area contributed by atoms with Crippen molar-refractivity contribution >= 4 is 33.0 Å². The minimum atomic E-state index is -3.23. The summed E-state index contributed by atoms with van der Waals surface area (Å²) in [5.74, 6) is 0.148. The van der Waals surface area contributed by atoms with E-state index in [-0.39, 0.29) is 5.88 Å². The standard InChI is InChI=1S/C10H14ClNO2S2/c1-8(6-11)16(13,14)12-4-2-10-9(7-12)3-5-15-10/h3,5,8H,2,4,6-7H2,1H3. The fourth-order valence-electron chi connectivity index (χ4n) is 1.77. The van der Waals surface area contributed by atoms with E-state index in [9.17, 15) is 8.42 Å². The van der Waals surface area contributed by atoms with Gasteiger partial charge in [0.05, 0.1) is 5.25 Å². The van der Waals surface area contributed by atoms with Gasteiger partial charge in [0.15, 0.2) is 0 Å². The smallest absolute Gasteiger partial charge is 0.212 e. The van der Waals surface area contributed by atoms with Gasteiger partial charge in [-0.1, -0.05) is 0 Å². The fraction of sp³-hybridized carbons (Fsp3) is 0.600. The van der Waals surface area contributed by atoms with Crippen LogP contribution < -0.4 is 0 Å². The van der Waals surface area contributed by atoms with Crippen LogP contribution in [0.25, 0.3) is 0 Å². The molecule has 16 heavy (non-hydrogen) atoms. The maximum Gasteiger partial charge on any atom is 0.218 e. The van der Waals surface area contributed by atoms with E-state index in [4.69, 9.17) is 11.6 Å². The second kappa shape index (κ2) is 4.64. The maximum absolute atomic E-state index is 12.1. The first-order chi connectivity index (χ1) is 7.55. The molecule has 1 unspecified atom stereocenters. The topological polar surface area (TPSA) is 37.4 Å². The molecule has 2 rings (SSSR count). The lowest BCUT2D eigenvalue weighted by Crippen LogP contribution is -2.41. The van der Waals surface area contributed by atoms with Crippen molar-refractivity contribution in [2.75, 3.05) is 12.4 Å². The second-order valence-corrected chi connectivity index (χ2v) is 7.62. The largest absolute Gasteiger partial charge is 0.218 e. The van der Waals surface area contributed by atoms with Gasteiger partial charge in [0.1, 0.15) is 0 Å². The van der Waals surface area contributed by atoms with Crippen molar-refractivity contribution in [3.8, 4) is 0 Å². The third kappa shape index (κ3) is 2.14. The number of thiophene rings is 1. The van der Waals surface area contributed by atoms with Crippen LogP contribution in [0.2, 0.25) is 0 Å². The lowest BCUT2D eigenvalue weighted by atomic mass is 10.1. The van der Waals surface area contributed by atoms with Crippen LogP contribution >= 0.6 is 22.9 Å². The highest BCUT2D eigenvalue weighted by Gasteiger charge is 2.31. The predicted molar refractivity (Wildman–Crippen MR) is 67.5 cm³/mol. The Kier molecular flexibility index (Phi) is 3.59. The Balaban J connectivity index is 2.21. The number of nitrogens with zero attached hydrogens (tertiary/aromatic N) is 1. The molecular weight excluding hydrogens is 266 g/mol. The average Bonchev–Trinajstić information content (AvgIpc) is 2.74. The molecule has 1 aromatic rings. The van der Waals surface area contributed by atoms with Crippen LogP contribution in [0.3, 0.4) is 0 Å². The highest BCUT2D eigenvalue weighted by Crippen LogP contribution is 2.26. The summed E-state index contributed by atoms with van der Waals surface area (Å²) in [6.45, 7) is 2.74. The van der Waals surface area contributed by atoms with Crippen molar-refractivity contribution < 1.29 is 8.42 Å². The number of alkyl halides is 1. The number of hydrogen-bond donors (Lipinski definition) is 0. The van der Waals surface area contributed by atoms with Gasteiger partial charge < -0.3 is 0 Å². The van der Waals surface area contributed by atoms with Crippen molar-refractivity contribution in [3.05, 3.63) is 21.9 Å². The van der Waals surface area contributed by atoms with Crippen molar-refractivity contribution in [3.63, 3.8) is 0 Å². The zero-order valence-corrected chi connectivity index (χ0v) is 11.4. The second-order valence-electron chi connectivity index (χ2n) is 3.96. The van der Waals surface area contributed by atoms with Gasteiger partial charge in [0.2, 0.25) is 10.0 Å². The lowest BCUT2D eigenvalue weighted by molar-refractivity contribution is 0.390. The molecule has 0 N–H and O–H groups in total. The third-order valence-corrected chi connectivity index (χ3v) is 6.74. The van der Waals surface area contributed by atoms with Crippen LogP contribution in [0, 0.1) is 0 Å². The Morgan fingerprint density at radius 1 is 1.62 bits per heavy atom. The van der Waals surface area contributed by atoms with Gasteiger partial charge in [-0.25, -0.2) is 8.42 Å². The molecule has 90 valence electrons. The van der Waals surface area contributed by atoms with Crippen molar-refractivity contribution in [1.82, 2.24) is 4.31 Å². The minimum Gasteiger partial charge on any atom is -0.212 e. The molecule has 0 spiro atoms. The summed E-state index contributed by atoms with van der Waals surface area (Å²) in [5, 5.41) is 1.51. The molecule has 0 radical (unpaired) electrons. The quantitative estimate of drug-likeness (QED) is 0.795. The number of hydrogen-bond acceptors (Lipinski definition) is 3. The Morgan fingerprint density at radius 3 is 3.06 bits per heavy atom.